The molecular formula is C19H18FNO3. The zero-order chi connectivity index (χ0) is 17.5. The van der Waals surface area contributed by atoms with E-state index in [9.17, 15) is 14.0 Å². The first-order valence-corrected chi connectivity index (χ1v) is 7.52. The maximum atomic E-state index is 12.9. The molecule has 124 valence electrons. The number of hydrogen-bond donors (Lipinski definition) is 1. The van der Waals surface area contributed by atoms with Gasteiger partial charge in [0.1, 0.15) is 11.4 Å². The van der Waals surface area contributed by atoms with Crippen molar-refractivity contribution in [3.05, 3.63) is 77.2 Å². The first kappa shape index (κ1) is 17.4. The van der Waals surface area contributed by atoms with Gasteiger partial charge in [-0.05, 0) is 43.7 Å². The first-order valence-electron chi connectivity index (χ1n) is 7.52. The summed E-state index contributed by atoms with van der Waals surface area (Å²) in [4.78, 5) is 24.8. The summed E-state index contributed by atoms with van der Waals surface area (Å²) < 4.78 is 17.9. The minimum Gasteiger partial charge on any atom is -0.462 e. The maximum absolute atomic E-state index is 12.9. The number of hydrogen-bond acceptors (Lipinski definition) is 4. The van der Waals surface area contributed by atoms with Gasteiger partial charge in [0, 0.05) is 17.5 Å². The van der Waals surface area contributed by atoms with Crippen molar-refractivity contribution in [2.45, 2.75) is 13.8 Å². The minimum absolute atomic E-state index is 0.115. The second-order valence-electron chi connectivity index (χ2n) is 5.07. The second kappa shape index (κ2) is 8.06. The SMILES string of the molecule is CCOC(=O)/C(=C/Nc1ccc(F)cc1)C(=O)c1ccccc1C. The molecule has 24 heavy (non-hydrogen) atoms. The number of carbonyl (C=O) groups is 2. The third kappa shape index (κ3) is 4.29. The number of ketones is 1. The molecule has 5 heteroatoms. The maximum Gasteiger partial charge on any atom is 0.343 e. The first-order chi connectivity index (χ1) is 11.5. The summed E-state index contributed by atoms with van der Waals surface area (Å²) in [5.41, 5.74) is 1.63. The summed E-state index contributed by atoms with van der Waals surface area (Å²) in [6, 6.07) is 12.6. The Hall–Kier alpha value is -2.95. The Bertz CT molecular complexity index is 766. The molecule has 2 aromatic rings. The van der Waals surface area contributed by atoms with Crippen LogP contribution >= 0.6 is 0 Å². The Labute approximate surface area is 140 Å². The van der Waals surface area contributed by atoms with Crippen molar-refractivity contribution in [1.29, 1.82) is 0 Å². The molecule has 0 bridgehead atoms. The van der Waals surface area contributed by atoms with Crippen molar-refractivity contribution in [1.82, 2.24) is 0 Å². The lowest BCUT2D eigenvalue weighted by atomic mass is 9.99. The Morgan fingerprint density at radius 3 is 2.42 bits per heavy atom. The molecule has 0 aliphatic rings. The van der Waals surface area contributed by atoms with Crippen molar-refractivity contribution in [3.63, 3.8) is 0 Å². The topological polar surface area (TPSA) is 55.4 Å². The quantitative estimate of drug-likeness (QED) is 0.288. The van der Waals surface area contributed by atoms with Crippen molar-refractivity contribution >= 4 is 17.4 Å². The number of rotatable bonds is 6. The predicted molar refractivity (Wildman–Crippen MR) is 90.2 cm³/mol. The highest BCUT2D eigenvalue weighted by Gasteiger charge is 2.22. The number of benzene rings is 2. The minimum atomic E-state index is -0.708. The third-order valence-corrected chi connectivity index (χ3v) is 3.36. The van der Waals surface area contributed by atoms with Gasteiger partial charge in [0.15, 0.2) is 0 Å². The van der Waals surface area contributed by atoms with E-state index in [1.54, 1.807) is 32.0 Å². The molecule has 0 unspecified atom stereocenters. The van der Waals surface area contributed by atoms with Crippen molar-refractivity contribution in [2.75, 3.05) is 11.9 Å². The fourth-order valence-corrected chi connectivity index (χ4v) is 2.10. The van der Waals surface area contributed by atoms with Crippen LogP contribution in [0.3, 0.4) is 0 Å². The van der Waals surface area contributed by atoms with Gasteiger partial charge in [0.25, 0.3) is 0 Å². The highest BCUT2D eigenvalue weighted by atomic mass is 19.1. The molecule has 0 heterocycles. The molecule has 0 saturated heterocycles. The molecule has 0 amide bonds. The average Bonchev–Trinajstić information content (AvgIpc) is 2.57. The van der Waals surface area contributed by atoms with E-state index in [0.29, 0.717) is 11.3 Å². The van der Waals surface area contributed by atoms with Crippen LogP contribution in [-0.4, -0.2) is 18.4 Å². The summed E-state index contributed by atoms with van der Waals surface area (Å²) in [7, 11) is 0. The third-order valence-electron chi connectivity index (χ3n) is 3.36. The van der Waals surface area contributed by atoms with Gasteiger partial charge in [-0.25, -0.2) is 9.18 Å². The highest BCUT2D eigenvalue weighted by Crippen LogP contribution is 2.16. The number of anilines is 1. The lowest BCUT2D eigenvalue weighted by Gasteiger charge is -2.09. The number of nitrogens with one attached hydrogen (secondary N) is 1. The van der Waals surface area contributed by atoms with Crippen LogP contribution in [0.4, 0.5) is 10.1 Å². The van der Waals surface area contributed by atoms with E-state index >= 15 is 0 Å². The molecule has 0 atom stereocenters. The van der Waals surface area contributed by atoms with Gasteiger partial charge < -0.3 is 10.1 Å². The van der Waals surface area contributed by atoms with Crippen LogP contribution in [0.25, 0.3) is 0 Å². The molecule has 1 N–H and O–H groups in total. The van der Waals surface area contributed by atoms with Crippen molar-refractivity contribution < 1.29 is 18.7 Å². The zero-order valence-electron chi connectivity index (χ0n) is 13.5. The van der Waals surface area contributed by atoms with Crippen LogP contribution in [0.5, 0.6) is 0 Å². The number of esters is 1. The molecule has 2 aromatic carbocycles. The van der Waals surface area contributed by atoms with E-state index < -0.39 is 11.8 Å². The van der Waals surface area contributed by atoms with E-state index in [0.717, 1.165) is 5.56 Å². The van der Waals surface area contributed by atoms with Crippen LogP contribution in [-0.2, 0) is 9.53 Å². The van der Waals surface area contributed by atoms with Gasteiger partial charge in [-0.2, -0.15) is 0 Å². The number of Topliss-reactive ketones (excluding diaryl/α,β-unsaturated/α-hetero) is 1. The predicted octanol–water partition coefficient (Wildman–Crippen LogP) is 3.88. The summed E-state index contributed by atoms with van der Waals surface area (Å²) in [5, 5.41) is 2.83. The van der Waals surface area contributed by atoms with E-state index in [4.69, 9.17) is 4.74 Å². The van der Waals surface area contributed by atoms with Gasteiger partial charge in [0.2, 0.25) is 5.78 Å². The molecule has 0 radical (unpaired) electrons. The van der Waals surface area contributed by atoms with Crippen LogP contribution < -0.4 is 5.32 Å². The van der Waals surface area contributed by atoms with E-state index in [1.165, 1.54) is 30.5 Å². The summed E-state index contributed by atoms with van der Waals surface area (Å²) in [6.07, 6.45) is 1.29. The van der Waals surface area contributed by atoms with E-state index in [2.05, 4.69) is 5.32 Å². The summed E-state index contributed by atoms with van der Waals surface area (Å²) in [6.45, 7) is 3.62. The molecule has 4 nitrogen and oxygen atoms in total. The molecule has 0 aliphatic carbocycles. The number of carbonyl (C=O) groups excluding carboxylic acids is 2. The van der Waals surface area contributed by atoms with Gasteiger partial charge in [-0.15, -0.1) is 0 Å². The lowest BCUT2D eigenvalue weighted by Crippen LogP contribution is -2.18. The van der Waals surface area contributed by atoms with Crippen LogP contribution in [0.2, 0.25) is 0 Å². The number of aryl methyl sites for hydroxylation is 1. The van der Waals surface area contributed by atoms with Gasteiger partial charge in [-0.3, -0.25) is 4.79 Å². The fraction of sp³-hybridized carbons (Fsp3) is 0.158. The largest absolute Gasteiger partial charge is 0.462 e. The van der Waals surface area contributed by atoms with Crippen LogP contribution in [0.1, 0.15) is 22.8 Å². The second-order valence-corrected chi connectivity index (χ2v) is 5.07. The molecule has 0 spiro atoms. The Morgan fingerprint density at radius 2 is 1.79 bits per heavy atom. The normalized spacial score (nSPS) is 11.0. The van der Waals surface area contributed by atoms with Crippen LogP contribution in [0, 0.1) is 12.7 Å². The number of halogens is 1. The fourth-order valence-electron chi connectivity index (χ4n) is 2.10. The van der Waals surface area contributed by atoms with Crippen molar-refractivity contribution in [3.8, 4) is 0 Å². The summed E-state index contributed by atoms with van der Waals surface area (Å²) >= 11 is 0. The smallest absolute Gasteiger partial charge is 0.343 e. The van der Waals surface area contributed by atoms with Gasteiger partial charge >= 0.3 is 5.97 Å². The molecule has 0 aliphatic heterocycles. The van der Waals surface area contributed by atoms with Crippen LogP contribution in [0.15, 0.2) is 60.3 Å². The molecule has 0 saturated carbocycles. The molecule has 2 rings (SSSR count). The Balaban J connectivity index is 2.32. The van der Waals surface area contributed by atoms with E-state index in [-0.39, 0.29) is 18.0 Å². The standard InChI is InChI=1S/C19H18FNO3/c1-3-24-19(23)17(12-21-15-10-8-14(20)9-11-15)18(22)16-7-5-4-6-13(16)2/h4-12,21H,3H2,1-2H3/b17-12+. The molecular weight excluding hydrogens is 309 g/mol. The monoisotopic (exact) mass is 327 g/mol. The van der Waals surface area contributed by atoms with E-state index in [1.807, 2.05) is 6.07 Å². The lowest BCUT2D eigenvalue weighted by molar-refractivity contribution is -0.138. The Morgan fingerprint density at radius 1 is 1.12 bits per heavy atom. The zero-order valence-corrected chi connectivity index (χ0v) is 13.5. The molecule has 0 fully saturated rings. The summed E-state index contributed by atoms with van der Waals surface area (Å²) in [5.74, 6) is -1.51. The van der Waals surface area contributed by atoms with Gasteiger partial charge in [-0.1, -0.05) is 24.3 Å². The Kier molecular flexibility index (Phi) is 5.84. The van der Waals surface area contributed by atoms with Gasteiger partial charge in [0.05, 0.1) is 6.61 Å². The highest BCUT2D eigenvalue weighted by molar-refractivity contribution is 6.24. The van der Waals surface area contributed by atoms with Crippen molar-refractivity contribution in [2.24, 2.45) is 0 Å². The average molecular weight is 327 g/mol. The number of ether oxygens (including phenoxy) is 1. The molecule has 0 aromatic heterocycles.